The van der Waals surface area contributed by atoms with E-state index in [9.17, 15) is 12.8 Å². The van der Waals surface area contributed by atoms with Crippen molar-refractivity contribution in [2.24, 2.45) is 0 Å². The number of aromatic amines is 1. The van der Waals surface area contributed by atoms with Crippen molar-refractivity contribution in [3.8, 4) is 0 Å². The predicted molar refractivity (Wildman–Crippen MR) is 60.2 cm³/mol. The summed E-state index contributed by atoms with van der Waals surface area (Å²) in [7, 11) is -3.77. The predicted octanol–water partition coefficient (Wildman–Crippen LogP) is 0.932. The molecule has 0 aliphatic heterocycles. The number of sulfonamides is 1. The third kappa shape index (κ3) is 2.53. The van der Waals surface area contributed by atoms with E-state index in [1.54, 1.807) is 0 Å². The molecule has 0 spiro atoms. The second-order valence-electron chi connectivity index (χ2n) is 3.31. The molecule has 0 saturated heterocycles. The van der Waals surface area contributed by atoms with Gasteiger partial charge < -0.3 is 5.73 Å². The minimum absolute atomic E-state index is 0.0414. The Kier molecular flexibility index (Phi) is 2.72. The highest BCUT2D eigenvalue weighted by atomic mass is 32.2. The van der Waals surface area contributed by atoms with Gasteiger partial charge in [0.05, 0.1) is 11.9 Å². The first-order valence-electron chi connectivity index (χ1n) is 4.55. The van der Waals surface area contributed by atoms with Crippen LogP contribution in [0.5, 0.6) is 0 Å². The summed E-state index contributed by atoms with van der Waals surface area (Å²) >= 11 is 0. The van der Waals surface area contributed by atoms with Gasteiger partial charge in [0.2, 0.25) is 0 Å². The van der Waals surface area contributed by atoms with Gasteiger partial charge >= 0.3 is 0 Å². The van der Waals surface area contributed by atoms with Crippen LogP contribution in [0, 0.1) is 5.82 Å². The SMILES string of the molecule is Nc1cc(F)cc(NS(=O)(=O)c2cn[nH]c2)c1. The topological polar surface area (TPSA) is 101 Å². The van der Waals surface area contributed by atoms with Gasteiger partial charge in [-0.25, -0.2) is 12.8 Å². The molecule has 1 heterocycles. The average Bonchev–Trinajstić information content (AvgIpc) is 2.67. The van der Waals surface area contributed by atoms with Crippen LogP contribution in [0.1, 0.15) is 0 Å². The molecule has 2 aromatic rings. The average molecular weight is 256 g/mol. The molecular formula is C9H9FN4O2S. The molecule has 8 heteroatoms. The zero-order chi connectivity index (χ0) is 12.5. The van der Waals surface area contributed by atoms with Crippen LogP contribution < -0.4 is 10.5 Å². The van der Waals surface area contributed by atoms with Crippen LogP contribution in [0.2, 0.25) is 0 Å². The fourth-order valence-electron chi connectivity index (χ4n) is 1.27. The molecule has 0 saturated carbocycles. The number of halogens is 1. The first-order valence-corrected chi connectivity index (χ1v) is 6.03. The molecule has 0 atom stereocenters. The summed E-state index contributed by atoms with van der Waals surface area (Å²) in [6, 6.07) is 3.45. The molecule has 0 aliphatic carbocycles. The Labute approximate surface area is 96.7 Å². The minimum Gasteiger partial charge on any atom is -0.399 e. The van der Waals surface area contributed by atoms with Gasteiger partial charge in [0, 0.05) is 11.9 Å². The van der Waals surface area contributed by atoms with E-state index in [4.69, 9.17) is 5.73 Å². The smallest absolute Gasteiger partial charge is 0.265 e. The van der Waals surface area contributed by atoms with Gasteiger partial charge in [-0.3, -0.25) is 9.82 Å². The summed E-state index contributed by atoms with van der Waals surface area (Å²) in [4.78, 5) is -0.0414. The highest BCUT2D eigenvalue weighted by Crippen LogP contribution is 2.19. The molecule has 1 aromatic carbocycles. The lowest BCUT2D eigenvalue weighted by Gasteiger charge is -2.06. The van der Waals surface area contributed by atoms with E-state index in [0.717, 1.165) is 18.3 Å². The maximum atomic E-state index is 13.0. The fourth-order valence-corrected chi connectivity index (χ4v) is 2.22. The van der Waals surface area contributed by atoms with E-state index in [1.165, 1.54) is 12.3 Å². The number of nitrogens with two attached hydrogens (primary N) is 1. The molecule has 0 aliphatic rings. The fraction of sp³-hybridized carbons (Fsp3) is 0. The molecule has 0 radical (unpaired) electrons. The number of nitrogen functional groups attached to an aromatic ring is 1. The summed E-state index contributed by atoms with van der Waals surface area (Å²) in [6.07, 6.45) is 2.36. The van der Waals surface area contributed by atoms with Crippen molar-refractivity contribution in [3.63, 3.8) is 0 Å². The molecule has 2 rings (SSSR count). The van der Waals surface area contributed by atoms with Crippen LogP contribution in [0.4, 0.5) is 15.8 Å². The molecule has 1 aromatic heterocycles. The van der Waals surface area contributed by atoms with Crippen molar-refractivity contribution < 1.29 is 12.8 Å². The summed E-state index contributed by atoms with van der Waals surface area (Å²) in [6.45, 7) is 0. The number of anilines is 2. The van der Waals surface area contributed by atoms with Crippen molar-refractivity contribution >= 4 is 21.4 Å². The van der Waals surface area contributed by atoms with Gasteiger partial charge in [-0.2, -0.15) is 5.10 Å². The van der Waals surface area contributed by atoms with E-state index in [-0.39, 0.29) is 16.3 Å². The van der Waals surface area contributed by atoms with Crippen molar-refractivity contribution in [1.29, 1.82) is 0 Å². The number of rotatable bonds is 3. The van der Waals surface area contributed by atoms with Gasteiger partial charge in [-0.15, -0.1) is 0 Å². The van der Waals surface area contributed by atoms with E-state index in [0.29, 0.717) is 0 Å². The van der Waals surface area contributed by atoms with Gasteiger partial charge in [-0.05, 0) is 18.2 Å². The quantitative estimate of drug-likeness (QED) is 0.711. The van der Waals surface area contributed by atoms with Crippen molar-refractivity contribution in [1.82, 2.24) is 10.2 Å². The van der Waals surface area contributed by atoms with E-state index in [1.807, 2.05) is 0 Å². The summed E-state index contributed by atoms with van der Waals surface area (Å²) < 4.78 is 38.7. The second kappa shape index (κ2) is 4.06. The van der Waals surface area contributed by atoms with Gasteiger partial charge in [0.25, 0.3) is 10.0 Å². The van der Waals surface area contributed by atoms with E-state index in [2.05, 4.69) is 14.9 Å². The van der Waals surface area contributed by atoms with Crippen LogP contribution in [0.15, 0.2) is 35.5 Å². The third-order valence-corrected chi connectivity index (χ3v) is 3.30. The van der Waals surface area contributed by atoms with Crippen molar-refractivity contribution in [3.05, 3.63) is 36.4 Å². The molecular weight excluding hydrogens is 247 g/mol. The Morgan fingerprint density at radius 3 is 2.71 bits per heavy atom. The van der Waals surface area contributed by atoms with Crippen LogP contribution >= 0.6 is 0 Å². The number of nitrogens with one attached hydrogen (secondary N) is 2. The Balaban J connectivity index is 2.33. The molecule has 0 bridgehead atoms. The summed E-state index contributed by atoms with van der Waals surface area (Å²) in [5, 5.41) is 5.90. The third-order valence-electron chi connectivity index (χ3n) is 1.96. The molecule has 0 amide bonds. The normalized spacial score (nSPS) is 11.4. The number of H-pyrrole nitrogens is 1. The number of hydrogen-bond acceptors (Lipinski definition) is 4. The van der Waals surface area contributed by atoms with Crippen LogP contribution in [0.3, 0.4) is 0 Å². The number of hydrogen-bond donors (Lipinski definition) is 3. The lowest BCUT2D eigenvalue weighted by molar-refractivity contribution is 0.601. The highest BCUT2D eigenvalue weighted by molar-refractivity contribution is 7.92. The zero-order valence-corrected chi connectivity index (χ0v) is 9.33. The first-order chi connectivity index (χ1) is 7.97. The van der Waals surface area contributed by atoms with Crippen LogP contribution in [-0.2, 0) is 10.0 Å². The summed E-state index contributed by atoms with van der Waals surface area (Å²) in [5.41, 5.74) is 5.60. The standard InChI is InChI=1S/C9H9FN4O2S/c10-6-1-7(11)3-8(2-6)14-17(15,16)9-4-12-13-5-9/h1-5,14H,11H2,(H,12,13). The van der Waals surface area contributed by atoms with Gasteiger partial charge in [-0.1, -0.05) is 0 Å². The summed E-state index contributed by atoms with van der Waals surface area (Å²) in [5.74, 6) is -0.616. The molecule has 6 nitrogen and oxygen atoms in total. The minimum atomic E-state index is -3.77. The van der Waals surface area contributed by atoms with Crippen LogP contribution in [0.25, 0.3) is 0 Å². The lowest BCUT2D eigenvalue weighted by Crippen LogP contribution is -2.12. The van der Waals surface area contributed by atoms with E-state index < -0.39 is 15.8 Å². The molecule has 0 unspecified atom stereocenters. The zero-order valence-electron chi connectivity index (χ0n) is 8.51. The number of nitrogens with zero attached hydrogens (tertiary/aromatic N) is 1. The van der Waals surface area contributed by atoms with Crippen molar-refractivity contribution in [2.45, 2.75) is 4.90 Å². The Hall–Kier alpha value is -2.09. The molecule has 90 valence electrons. The Morgan fingerprint density at radius 2 is 2.12 bits per heavy atom. The van der Waals surface area contributed by atoms with Gasteiger partial charge in [0.15, 0.2) is 0 Å². The largest absolute Gasteiger partial charge is 0.399 e. The molecule has 0 fully saturated rings. The van der Waals surface area contributed by atoms with Crippen LogP contribution in [-0.4, -0.2) is 18.6 Å². The first kappa shape index (κ1) is 11.4. The van der Waals surface area contributed by atoms with Gasteiger partial charge in [0.1, 0.15) is 10.7 Å². The Bertz CT molecular complexity index is 604. The maximum Gasteiger partial charge on any atom is 0.265 e. The molecule has 17 heavy (non-hydrogen) atoms. The molecule has 4 N–H and O–H groups in total. The number of aromatic nitrogens is 2. The van der Waals surface area contributed by atoms with Crippen molar-refractivity contribution in [2.75, 3.05) is 10.5 Å². The maximum absolute atomic E-state index is 13.0. The number of benzene rings is 1. The second-order valence-corrected chi connectivity index (χ2v) is 5.00. The monoisotopic (exact) mass is 256 g/mol. The Morgan fingerprint density at radius 1 is 1.35 bits per heavy atom. The lowest BCUT2D eigenvalue weighted by atomic mass is 10.3. The highest BCUT2D eigenvalue weighted by Gasteiger charge is 2.15. The van der Waals surface area contributed by atoms with E-state index >= 15 is 0 Å².